The number of hydrogen-bond acceptors (Lipinski definition) is 3. The summed E-state index contributed by atoms with van der Waals surface area (Å²) in [5, 5.41) is 4.21. The van der Waals surface area contributed by atoms with Gasteiger partial charge in [-0.1, -0.05) is 68.4 Å². The topological polar surface area (TPSA) is 50.5 Å². The van der Waals surface area contributed by atoms with Crippen LogP contribution in [0.3, 0.4) is 0 Å². The molecule has 5 rings (SSSR count). The van der Waals surface area contributed by atoms with E-state index in [1.807, 2.05) is 31.2 Å². The van der Waals surface area contributed by atoms with Gasteiger partial charge in [0.05, 0.1) is 11.9 Å². The van der Waals surface area contributed by atoms with E-state index in [9.17, 15) is 13.6 Å². The second-order valence-electron chi connectivity index (χ2n) is 9.82. The summed E-state index contributed by atoms with van der Waals surface area (Å²) in [6.07, 6.45) is 9.65. The van der Waals surface area contributed by atoms with Crippen LogP contribution in [0.25, 0.3) is 16.9 Å². The minimum Gasteiger partial charge on any atom is -0.333 e. The third kappa shape index (κ3) is 4.44. The van der Waals surface area contributed by atoms with Crippen molar-refractivity contribution in [2.45, 2.75) is 89.6 Å². The number of nitrogens with zero attached hydrogens (tertiary/aromatic N) is 4. The van der Waals surface area contributed by atoms with Crippen molar-refractivity contribution in [2.24, 2.45) is 0 Å². The van der Waals surface area contributed by atoms with Gasteiger partial charge in [0.25, 0.3) is 12.3 Å². The van der Waals surface area contributed by atoms with Crippen molar-refractivity contribution < 1.29 is 13.6 Å². The normalized spacial score (nSPS) is 18.0. The van der Waals surface area contributed by atoms with Crippen LogP contribution in [0.5, 0.6) is 0 Å². The first-order valence-electron chi connectivity index (χ1n) is 12.6. The highest BCUT2D eigenvalue weighted by Gasteiger charge is 2.35. The van der Waals surface area contributed by atoms with Crippen LogP contribution >= 0.6 is 0 Å². The standard InChI is InChI=1S/C27H32F2N4O/c1-18-12-14-19(15-13-18)23-16-24(25(28)29)33-26(31-23)22(17-30-33)27(34)32(20-8-4-2-5-9-20)21-10-6-3-7-11-21/h12-17,20-21,25H,2-11H2,1H3. The largest absolute Gasteiger partial charge is 0.333 e. The Balaban J connectivity index is 1.59. The monoisotopic (exact) mass is 466 g/mol. The summed E-state index contributed by atoms with van der Waals surface area (Å²) >= 11 is 0. The van der Waals surface area contributed by atoms with Crippen molar-refractivity contribution >= 4 is 11.6 Å². The van der Waals surface area contributed by atoms with Crippen LogP contribution < -0.4 is 0 Å². The van der Waals surface area contributed by atoms with Crippen molar-refractivity contribution in [2.75, 3.05) is 0 Å². The molecule has 0 N–H and O–H groups in total. The highest BCUT2D eigenvalue weighted by atomic mass is 19.3. The van der Waals surface area contributed by atoms with E-state index in [0.29, 0.717) is 11.3 Å². The fourth-order valence-corrected chi connectivity index (χ4v) is 5.65. The number of amides is 1. The van der Waals surface area contributed by atoms with E-state index in [2.05, 4.69) is 10.00 Å². The molecule has 0 aliphatic heterocycles. The fraction of sp³-hybridized carbons (Fsp3) is 0.519. The van der Waals surface area contributed by atoms with Crippen molar-refractivity contribution in [3.05, 3.63) is 53.3 Å². The second kappa shape index (κ2) is 9.80. The zero-order valence-electron chi connectivity index (χ0n) is 19.7. The molecule has 0 atom stereocenters. The summed E-state index contributed by atoms with van der Waals surface area (Å²) in [7, 11) is 0. The zero-order chi connectivity index (χ0) is 23.7. The Morgan fingerprint density at radius 1 is 0.971 bits per heavy atom. The van der Waals surface area contributed by atoms with Gasteiger partial charge >= 0.3 is 0 Å². The quantitative estimate of drug-likeness (QED) is 0.418. The molecular formula is C27H32F2N4O. The molecule has 0 saturated heterocycles. The van der Waals surface area contributed by atoms with Gasteiger partial charge in [0, 0.05) is 17.6 Å². The van der Waals surface area contributed by atoms with Gasteiger partial charge in [-0.15, -0.1) is 0 Å². The predicted molar refractivity (Wildman–Crippen MR) is 128 cm³/mol. The average Bonchev–Trinajstić information content (AvgIpc) is 3.29. The third-order valence-electron chi connectivity index (χ3n) is 7.47. The first-order valence-corrected chi connectivity index (χ1v) is 12.6. The molecule has 2 heterocycles. The molecule has 2 aliphatic rings. The Morgan fingerprint density at radius 2 is 1.56 bits per heavy atom. The molecule has 0 radical (unpaired) electrons. The molecule has 2 saturated carbocycles. The lowest BCUT2D eigenvalue weighted by atomic mass is 9.88. The van der Waals surface area contributed by atoms with Gasteiger partial charge in [-0.05, 0) is 38.7 Å². The molecule has 2 fully saturated rings. The van der Waals surface area contributed by atoms with E-state index in [4.69, 9.17) is 4.98 Å². The number of aryl methyl sites for hydroxylation is 1. The Bertz CT molecular complexity index is 1130. The number of halogens is 2. The van der Waals surface area contributed by atoms with Gasteiger partial charge in [-0.25, -0.2) is 18.3 Å². The van der Waals surface area contributed by atoms with Crippen molar-refractivity contribution in [3.63, 3.8) is 0 Å². The summed E-state index contributed by atoms with van der Waals surface area (Å²) in [4.78, 5) is 20.8. The summed E-state index contributed by atoms with van der Waals surface area (Å²) in [6, 6.07) is 9.39. The van der Waals surface area contributed by atoms with E-state index >= 15 is 0 Å². The van der Waals surface area contributed by atoms with Gasteiger partial charge in [-0.2, -0.15) is 5.10 Å². The molecule has 1 aromatic carbocycles. The van der Waals surface area contributed by atoms with Crippen LogP contribution in [0.2, 0.25) is 0 Å². The maximum atomic E-state index is 14.0. The summed E-state index contributed by atoms with van der Waals surface area (Å²) in [6.45, 7) is 1.98. The number of benzene rings is 1. The number of fused-ring (bicyclic) bond motifs is 1. The molecule has 7 heteroatoms. The molecule has 34 heavy (non-hydrogen) atoms. The van der Waals surface area contributed by atoms with Crippen molar-refractivity contribution in [1.29, 1.82) is 0 Å². The van der Waals surface area contributed by atoms with E-state index in [0.717, 1.165) is 67.0 Å². The first-order chi connectivity index (χ1) is 16.5. The van der Waals surface area contributed by atoms with Crippen LogP contribution in [0.15, 0.2) is 36.5 Å². The lowest BCUT2D eigenvalue weighted by Gasteiger charge is -2.41. The lowest BCUT2D eigenvalue weighted by molar-refractivity contribution is 0.0450. The minimum absolute atomic E-state index is 0.109. The van der Waals surface area contributed by atoms with Crippen molar-refractivity contribution in [1.82, 2.24) is 19.5 Å². The SMILES string of the molecule is Cc1ccc(-c2cc(C(F)F)n3ncc(C(=O)N(C4CCCCC4)C4CCCCC4)c3n2)cc1. The molecular weight excluding hydrogens is 434 g/mol. The molecule has 0 spiro atoms. The van der Waals surface area contributed by atoms with Gasteiger partial charge in [-0.3, -0.25) is 4.79 Å². The molecule has 5 nitrogen and oxygen atoms in total. The van der Waals surface area contributed by atoms with Crippen LogP contribution in [0.1, 0.15) is 92.2 Å². The maximum absolute atomic E-state index is 14.0. The van der Waals surface area contributed by atoms with E-state index in [1.165, 1.54) is 25.1 Å². The highest BCUT2D eigenvalue weighted by molar-refractivity contribution is 6.00. The minimum atomic E-state index is -2.73. The van der Waals surface area contributed by atoms with E-state index < -0.39 is 6.43 Å². The Hall–Kier alpha value is -2.83. The van der Waals surface area contributed by atoms with Gasteiger partial charge in [0.1, 0.15) is 11.3 Å². The van der Waals surface area contributed by atoms with Crippen LogP contribution in [-0.4, -0.2) is 37.5 Å². The van der Waals surface area contributed by atoms with Gasteiger partial charge in [0.15, 0.2) is 5.65 Å². The van der Waals surface area contributed by atoms with E-state index in [1.54, 1.807) is 0 Å². The number of carbonyl (C=O) groups excluding carboxylic acids is 1. The smallest absolute Gasteiger partial charge is 0.280 e. The Labute approximate surface area is 199 Å². The van der Waals surface area contributed by atoms with Crippen LogP contribution in [-0.2, 0) is 0 Å². The predicted octanol–water partition coefficient (Wildman–Crippen LogP) is 6.75. The first kappa shape index (κ1) is 22.9. The van der Waals surface area contributed by atoms with Gasteiger partial charge in [0.2, 0.25) is 0 Å². The highest BCUT2D eigenvalue weighted by Crippen LogP contribution is 2.33. The third-order valence-corrected chi connectivity index (χ3v) is 7.47. The molecule has 2 aliphatic carbocycles. The maximum Gasteiger partial charge on any atom is 0.280 e. The lowest BCUT2D eigenvalue weighted by Crippen LogP contribution is -2.48. The second-order valence-corrected chi connectivity index (χ2v) is 9.82. The van der Waals surface area contributed by atoms with Crippen LogP contribution in [0, 0.1) is 6.92 Å². The Morgan fingerprint density at radius 3 is 2.12 bits per heavy atom. The molecule has 2 aromatic heterocycles. The summed E-state index contributed by atoms with van der Waals surface area (Å²) in [5.41, 5.74) is 2.54. The number of carbonyl (C=O) groups is 1. The van der Waals surface area contributed by atoms with Gasteiger partial charge < -0.3 is 4.90 Å². The molecule has 180 valence electrons. The van der Waals surface area contributed by atoms with Crippen LogP contribution in [0.4, 0.5) is 8.78 Å². The number of hydrogen-bond donors (Lipinski definition) is 0. The Kier molecular flexibility index (Phi) is 6.61. The summed E-state index contributed by atoms with van der Waals surface area (Å²) < 4.78 is 29.2. The number of aromatic nitrogens is 3. The molecule has 3 aromatic rings. The summed E-state index contributed by atoms with van der Waals surface area (Å²) in [5.74, 6) is -0.109. The van der Waals surface area contributed by atoms with Crippen molar-refractivity contribution in [3.8, 4) is 11.3 Å². The molecule has 1 amide bonds. The van der Waals surface area contributed by atoms with E-state index in [-0.39, 0.29) is 29.3 Å². The molecule has 0 bridgehead atoms. The number of alkyl halides is 2. The number of rotatable bonds is 5. The average molecular weight is 467 g/mol. The molecule has 0 unspecified atom stereocenters. The zero-order valence-corrected chi connectivity index (χ0v) is 19.7. The fourth-order valence-electron chi connectivity index (χ4n) is 5.65.